The molecule has 0 atom stereocenters. The first kappa shape index (κ1) is 14.0. The minimum absolute atomic E-state index is 0.234. The fourth-order valence-corrected chi connectivity index (χ4v) is 1.18. The van der Waals surface area contributed by atoms with Gasteiger partial charge in [0.05, 0.1) is 18.4 Å². The van der Waals surface area contributed by atoms with Gasteiger partial charge in [0.2, 0.25) is 0 Å². The lowest BCUT2D eigenvalue weighted by Gasteiger charge is -2.13. The number of carboxylic acids is 1. The molecule has 0 amide bonds. The molecule has 18 heavy (non-hydrogen) atoms. The standard InChI is InChI=1S/C9H9F3N2O4/c1-17-6-2-4(8(15)16)5(3-13)14-7(6)18-9(10,11)12/h2H,3,13H2,1H3,(H,15,16). The average Bonchev–Trinajstić information content (AvgIpc) is 2.25. The van der Waals surface area contributed by atoms with Gasteiger partial charge in [-0.05, 0) is 0 Å². The molecule has 0 fully saturated rings. The van der Waals surface area contributed by atoms with Crippen molar-refractivity contribution in [2.45, 2.75) is 12.9 Å². The first-order chi connectivity index (χ1) is 8.28. The number of aromatic carboxylic acids is 1. The number of carboxylic acid groups (broad SMARTS) is 1. The third-order valence-electron chi connectivity index (χ3n) is 1.89. The van der Waals surface area contributed by atoms with Crippen molar-refractivity contribution in [3.05, 3.63) is 17.3 Å². The van der Waals surface area contributed by atoms with Crippen LogP contribution in [0.15, 0.2) is 6.07 Å². The second-order valence-electron chi connectivity index (χ2n) is 3.05. The van der Waals surface area contributed by atoms with E-state index < -0.39 is 24.0 Å². The summed E-state index contributed by atoms with van der Waals surface area (Å²) < 4.78 is 44.5. The Labute approximate surface area is 99.1 Å². The summed E-state index contributed by atoms with van der Waals surface area (Å²) in [5.74, 6) is -2.70. The molecule has 0 spiro atoms. The van der Waals surface area contributed by atoms with Crippen LogP contribution in [0, 0.1) is 0 Å². The first-order valence-corrected chi connectivity index (χ1v) is 4.55. The molecule has 6 nitrogen and oxygen atoms in total. The largest absolute Gasteiger partial charge is 0.574 e. The molecule has 0 aliphatic carbocycles. The zero-order valence-corrected chi connectivity index (χ0v) is 9.11. The third-order valence-corrected chi connectivity index (χ3v) is 1.89. The second kappa shape index (κ2) is 5.08. The number of pyridine rings is 1. The van der Waals surface area contributed by atoms with Gasteiger partial charge in [0.1, 0.15) is 0 Å². The molecule has 0 saturated heterocycles. The fraction of sp³-hybridized carbons (Fsp3) is 0.333. The van der Waals surface area contributed by atoms with Gasteiger partial charge < -0.3 is 20.3 Å². The van der Waals surface area contributed by atoms with Crippen molar-refractivity contribution in [2.75, 3.05) is 7.11 Å². The molecule has 1 aromatic heterocycles. The summed E-state index contributed by atoms with van der Waals surface area (Å²) in [5, 5.41) is 8.83. The highest BCUT2D eigenvalue weighted by Gasteiger charge is 2.34. The van der Waals surface area contributed by atoms with Crippen LogP contribution in [0.2, 0.25) is 0 Å². The molecule has 0 unspecified atom stereocenters. The van der Waals surface area contributed by atoms with E-state index in [1.807, 2.05) is 0 Å². The van der Waals surface area contributed by atoms with Crippen LogP contribution in [0.4, 0.5) is 13.2 Å². The number of methoxy groups -OCH3 is 1. The van der Waals surface area contributed by atoms with Crippen LogP contribution < -0.4 is 15.2 Å². The van der Waals surface area contributed by atoms with E-state index in [9.17, 15) is 18.0 Å². The molecular formula is C9H9F3N2O4. The lowest BCUT2D eigenvalue weighted by molar-refractivity contribution is -0.276. The Balaban J connectivity index is 3.30. The maximum Gasteiger partial charge on any atom is 0.574 e. The number of hydrogen-bond donors (Lipinski definition) is 2. The molecule has 0 aliphatic heterocycles. The minimum Gasteiger partial charge on any atom is -0.491 e. The lowest BCUT2D eigenvalue weighted by atomic mass is 10.2. The van der Waals surface area contributed by atoms with Crippen molar-refractivity contribution >= 4 is 5.97 Å². The number of alkyl halides is 3. The van der Waals surface area contributed by atoms with E-state index in [4.69, 9.17) is 10.8 Å². The van der Waals surface area contributed by atoms with E-state index in [1.54, 1.807) is 0 Å². The van der Waals surface area contributed by atoms with Gasteiger partial charge >= 0.3 is 12.3 Å². The van der Waals surface area contributed by atoms with E-state index in [1.165, 1.54) is 0 Å². The maximum atomic E-state index is 12.1. The van der Waals surface area contributed by atoms with Crippen LogP contribution in [0.1, 0.15) is 16.1 Å². The average molecular weight is 266 g/mol. The molecule has 1 aromatic rings. The van der Waals surface area contributed by atoms with Crippen molar-refractivity contribution in [3.63, 3.8) is 0 Å². The van der Waals surface area contributed by atoms with Crippen LogP contribution >= 0.6 is 0 Å². The van der Waals surface area contributed by atoms with Crippen LogP contribution in [-0.2, 0) is 6.54 Å². The van der Waals surface area contributed by atoms with Crippen molar-refractivity contribution < 1.29 is 32.5 Å². The minimum atomic E-state index is -4.96. The monoisotopic (exact) mass is 266 g/mol. The van der Waals surface area contributed by atoms with Gasteiger partial charge in [0, 0.05) is 12.6 Å². The summed E-state index contributed by atoms with van der Waals surface area (Å²) in [5.41, 5.74) is 4.63. The van der Waals surface area contributed by atoms with Crippen LogP contribution in [0.25, 0.3) is 0 Å². The zero-order valence-electron chi connectivity index (χ0n) is 9.11. The van der Waals surface area contributed by atoms with Crippen molar-refractivity contribution in [3.8, 4) is 11.6 Å². The molecule has 1 heterocycles. The predicted molar refractivity (Wildman–Crippen MR) is 52.3 cm³/mol. The topological polar surface area (TPSA) is 94.7 Å². The molecule has 0 aromatic carbocycles. The second-order valence-corrected chi connectivity index (χ2v) is 3.05. The molecule has 100 valence electrons. The van der Waals surface area contributed by atoms with E-state index >= 15 is 0 Å². The highest BCUT2D eigenvalue weighted by atomic mass is 19.4. The van der Waals surface area contributed by atoms with Crippen molar-refractivity contribution in [2.24, 2.45) is 5.73 Å². The summed E-state index contributed by atoms with van der Waals surface area (Å²) in [4.78, 5) is 14.2. The zero-order chi connectivity index (χ0) is 13.9. The summed E-state index contributed by atoms with van der Waals surface area (Å²) >= 11 is 0. The number of rotatable bonds is 4. The Bertz CT molecular complexity index is 462. The van der Waals surface area contributed by atoms with Crippen LogP contribution in [0.3, 0.4) is 0 Å². The number of halogens is 3. The molecule has 0 aliphatic rings. The van der Waals surface area contributed by atoms with Gasteiger partial charge in [-0.25, -0.2) is 9.78 Å². The molecule has 3 N–H and O–H groups in total. The van der Waals surface area contributed by atoms with Crippen LogP contribution in [0.5, 0.6) is 11.6 Å². The third kappa shape index (κ3) is 3.23. The van der Waals surface area contributed by atoms with Crippen molar-refractivity contribution in [1.82, 2.24) is 4.98 Å². The SMILES string of the molecule is COc1cc(C(=O)O)c(CN)nc1OC(F)(F)F. The van der Waals surface area contributed by atoms with Crippen molar-refractivity contribution in [1.29, 1.82) is 0 Å². The molecule has 0 bridgehead atoms. The van der Waals surface area contributed by atoms with E-state index in [0.29, 0.717) is 0 Å². The maximum absolute atomic E-state index is 12.1. The first-order valence-electron chi connectivity index (χ1n) is 4.55. The Morgan fingerprint density at radius 2 is 2.17 bits per heavy atom. The summed E-state index contributed by atoms with van der Waals surface area (Å²) in [6, 6.07) is 0.874. The van der Waals surface area contributed by atoms with Crippen LogP contribution in [-0.4, -0.2) is 29.5 Å². The van der Waals surface area contributed by atoms with Gasteiger partial charge in [0.15, 0.2) is 5.75 Å². The van der Waals surface area contributed by atoms with Gasteiger partial charge in [-0.3, -0.25) is 0 Å². The molecule has 1 rings (SSSR count). The van der Waals surface area contributed by atoms with Gasteiger partial charge in [-0.1, -0.05) is 0 Å². The van der Waals surface area contributed by atoms with Gasteiger partial charge in [-0.15, -0.1) is 13.2 Å². The Morgan fingerprint density at radius 1 is 1.56 bits per heavy atom. The summed E-state index contributed by atoms with van der Waals surface area (Å²) in [6.07, 6.45) is -4.96. The molecule has 0 saturated carbocycles. The smallest absolute Gasteiger partial charge is 0.491 e. The number of aromatic nitrogens is 1. The fourth-order valence-electron chi connectivity index (χ4n) is 1.18. The quantitative estimate of drug-likeness (QED) is 0.848. The number of carbonyl (C=O) groups is 1. The van der Waals surface area contributed by atoms with E-state index in [2.05, 4.69) is 14.5 Å². The highest BCUT2D eigenvalue weighted by Crippen LogP contribution is 2.31. The Morgan fingerprint density at radius 3 is 2.56 bits per heavy atom. The Kier molecular flexibility index (Phi) is 3.96. The van der Waals surface area contributed by atoms with Gasteiger partial charge in [-0.2, -0.15) is 0 Å². The summed E-state index contributed by atoms with van der Waals surface area (Å²) in [7, 11) is 1.06. The normalized spacial score (nSPS) is 11.2. The lowest BCUT2D eigenvalue weighted by Crippen LogP contribution is -2.20. The predicted octanol–water partition coefficient (Wildman–Crippen LogP) is 1.15. The number of nitrogens with two attached hydrogens (primary N) is 1. The molecule has 9 heteroatoms. The molecular weight excluding hydrogens is 257 g/mol. The number of ether oxygens (including phenoxy) is 2. The van der Waals surface area contributed by atoms with E-state index in [-0.39, 0.29) is 17.8 Å². The van der Waals surface area contributed by atoms with E-state index in [0.717, 1.165) is 13.2 Å². The highest BCUT2D eigenvalue weighted by molar-refractivity contribution is 5.89. The summed E-state index contributed by atoms with van der Waals surface area (Å²) in [6.45, 7) is -0.347. The van der Waals surface area contributed by atoms with Gasteiger partial charge in [0.25, 0.3) is 5.88 Å². The number of nitrogens with zero attached hydrogens (tertiary/aromatic N) is 1. The Hall–Kier alpha value is -2.03. The number of hydrogen-bond acceptors (Lipinski definition) is 5. The molecule has 0 radical (unpaired) electrons.